The summed E-state index contributed by atoms with van der Waals surface area (Å²) < 4.78 is 19.1. The molecule has 3 rings (SSSR count). The molecule has 4 nitrogen and oxygen atoms in total. The van der Waals surface area contributed by atoms with Crippen LogP contribution in [-0.4, -0.2) is 22.9 Å². The first-order chi connectivity index (χ1) is 10.2. The van der Waals surface area contributed by atoms with Gasteiger partial charge in [-0.2, -0.15) is 0 Å². The number of hydrogen-bond acceptors (Lipinski definition) is 4. The van der Waals surface area contributed by atoms with Gasteiger partial charge in [0, 0.05) is 12.4 Å². The molecule has 3 aromatic rings. The summed E-state index contributed by atoms with van der Waals surface area (Å²) in [6.45, 7) is 0. The zero-order valence-electron chi connectivity index (χ0n) is 11.2. The summed E-state index contributed by atoms with van der Waals surface area (Å²) in [6, 6.07) is 9.53. The van der Waals surface area contributed by atoms with Crippen LogP contribution in [-0.2, 0) is 0 Å². The van der Waals surface area contributed by atoms with Gasteiger partial charge >= 0.3 is 0 Å². The van der Waals surface area contributed by atoms with Gasteiger partial charge in [0.1, 0.15) is 0 Å². The highest BCUT2D eigenvalue weighted by Gasteiger charge is 2.19. The van der Waals surface area contributed by atoms with Crippen molar-refractivity contribution in [2.45, 2.75) is 0 Å². The standard InChI is InChI=1S/C16H11FN2O2/c1-21-13-7-3-4-10(14(13)17)16(20)11-5-2-6-12-15(11)19-9-8-18-12/h2-9H,1H3. The lowest BCUT2D eigenvalue weighted by Gasteiger charge is -2.08. The van der Waals surface area contributed by atoms with Gasteiger partial charge in [-0.05, 0) is 24.3 Å². The maximum Gasteiger partial charge on any atom is 0.198 e. The molecule has 0 N–H and O–H groups in total. The normalized spacial score (nSPS) is 10.6. The van der Waals surface area contributed by atoms with Crippen LogP contribution < -0.4 is 4.74 Å². The van der Waals surface area contributed by atoms with Crippen LogP contribution in [0, 0.1) is 5.82 Å². The van der Waals surface area contributed by atoms with Gasteiger partial charge in [0.2, 0.25) is 0 Å². The predicted molar refractivity (Wildman–Crippen MR) is 75.9 cm³/mol. The van der Waals surface area contributed by atoms with Gasteiger partial charge in [-0.1, -0.05) is 12.1 Å². The molecular weight excluding hydrogens is 271 g/mol. The molecule has 0 spiro atoms. The first kappa shape index (κ1) is 13.2. The first-order valence-electron chi connectivity index (χ1n) is 6.29. The summed E-state index contributed by atoms with van der Waals surface area (Å²) in [7, 11) is 1.36. The predicted octanol–water partition coefficient (Wildman–Crippen LogP) is 3.01. The average Bonchev–Trinajstić information content (AvgIpc) is 2.54. The molecule has 1 heterocycles. The van der Waals surface area contributed by atoms with E-state index in [9.17, 15) is 9.18 Å². The topological polar surface area (TPSA) is 52.1 Å². The van der Waals surface area contributed by atoms with Crippen molar-refractivity contribution >= 4 is 16.8 Å². The summed E-state index contributed by atoms with van der Waals surface area (Å²) in [6.07, 6.45) is 3.05. The molecule has 2 aromatic carbocycles. The highest BCUT2D eigenvalue weighted by molar-refractivity contribution is 6.15. The Kier molecular flexibility index (Phi) is 3.31. The number of para-hydroxylation sites is 1. The molecule has 0 aliphatic heterocycles. The van der Waals surface area contributed by atoms with Gasteiger partial charge in [0.25, 0.3) is 0 Å². The van der Waals surface area contributed by atoms with Crippen LogP contribution in [0.15, 0.2) is 48.8 Å². The molecule has 104 valence electrons. The van der Waals surface area contributed by atoms with E-state index in [1.807, 2.05) is 0 Å². The van der Waals surface area contributed by atoms with Crippen LogP contribution in [0.25, 0.3) is 11.0 Å². The first-order valence-corrected chi connectivity index (χ1v) is 6.29. The fraction of sp³-hybridized carbons (Fsp3) is 0.0625. The molecule has 0 radical (unpaired) electrons. The Balaban J connectivity index is 2.18. The lowest BCUT2D eigenvalue weighted by Crippen LogP contribution is -2.07. The van der Waals surface area contributed by atoms with Crippen LogP contribution in [0.5, 0.6) is 5.75 Å². The van der Waals surface area contributed by atoms with Crippen molar-refractivity contribution in [3.8, 4) is 5.75 Å². The molecule has 0 bridgehead atoms. The molecule has 0 atom stereocenters. The Morgan fingerprint density at radius 2 is 1.76 bits per heavy atom. The van der Waals surface area contributed by atoms with E-state index in [1.54, 1.807) is 30.5 Å². The van der Waals surface area contributed by atoms with E-state index >= 15 is 0 Å². The maximum atomic E-state index is 14.2. The number of benzene rings is 2. The summed E-state index contributed by atoms with van der Waals surface area (Å²) in [5.41, 5.74) is 1.30. The summed E-state index contributed by atoms with van der Waals surface area (Å²) >= 11 is 0. The third-order valence-corrected chi connectivity index (χ3v) is 3.17. The van der Waals surface area contributed by atoms with Crippen molar-refractivity contribution < 1.29 is 13.9 Å². The fourth-order valence-electron chi connectivity index (χ4n) is 2.16. The smallest absolute Gasteiger partial charge is 0.198 e. The number of carbonyl (C=O) groups excluding carboxylic acids is 1. The van der Waals surface area contributed by atoms with Crippen molar-refractivity contribution in [1.29, 1.82) is 0 Å². The lowest BCUT2D eigenvalue weighted by molar-refractivity contribution is 0.103. The molecule has 1 aromatic heterocycles. The minimum atomic E-state index is -0.675. The highest BCUT2D eigenvalue weighted by atomic mass is 19.1. The van der Waals surface area contributed by atoms with Crippen molar-refractivity contribution in [3.05, 3.63) is 65.7 Å². The van der Waals surface area contributed by atoms with Crippen molar-refractivity contribution in [3.63, 3.8) is 0 Å². The number of aromatic nitrogens is 2. The SMILES string of the molecule is COc1cccc(C(=O)c2cccc3nccnc23)c1F. The molecule has 21 heavy (non-hydrogen) atoms. The quantitative estimate of drug-likeness (QED) is 0.693. The maximum absolute atomic E-state index is 14.2. The number of ketones is 1. The summed E-state index contributed by atoms with van der Waals surface area (Å²) in [5.74, 6) is -1.09. The Labute approximate surface area is 120 Å². The van der Waals surface area contributed by atoms with Crippen LogP contribution in [0.3, 0.4) is 0 Å². The number of hydrogen-bond donors (Lipinski definition) is 0. The van der Waals surface area contributed by atoms with E-state index < -0.39 is 11.6 Å². The monoisotopic (exact) mass is 282 g/mol. The second-order valence-electron chi connectivity index (χ2n) is 4.38. The van der Waals surface area contributed by atoms with E-state index in [0.29, 0.717) is 16.6 Å². The highest BCUT2D eigenvalue weighted by Crippen LogP contribution is 2.24. The second-order valence-corrected chi connectivity index (χ2v) is 4.38. The Morgan fingerprint density at radius 1 is 1.05 bits per heavy atom. The van der Waals surface area contributed by atoms with Crippen LogP contribution in [0.4, 0.5) is 4.39 Å². The molecule has 5 heteroatoms. The largest absolute Gasteiger partial charge is 0.494 e. The Hall–Kier alpha value is -2.82. The van der Waals surface area contributed by atoms with Crippen LogP contribution in [0.2, 0.25) is 0 Å². The molecule has 0 aliphatic rings. The number of carbonyl (C=O) groups is 1. The lowest BCUT2D eigenvalue weighted by atomic mass is 10.0. The number of halogens is 1. The van der Waals surface area contributed by atoms with Crippen LogP contribution in [0.1, 0.15) is 15.9 Å². The van der Waals surface area contributed by atoms with E-state index in [0.717, 1.165) is 0 Å². The second kappa shape index (κ2) is 5.28. The number of methoxy groups -OCH3 is 1. The third-order valence-electron chi connectivity index (χ3n) is 3.17. The van der Waals surface area contributed by atoms with Gasteiger partial charge in [-0.25, -0.2) is 4.39 Å². The fourth-order valence-corrected chi connectivity index (χ4v) is 2.16. The minimum Gasteiger partial charge on any atom is -0.494 e. The van der Waals surface area contributed by atoms with Gasteiger partial charge in [-0.3, -0.25) is 14.8 Å². The van der Waals surface area contributed by atoms with Gasteiger partial charge in [0.05, 0.1) is 29.3 Å². The molecular formula is C16H11FN2O2. The van der Waals surface area contributed by atoms with E-state index in [-0.39, 0.29) is 11.3 Å². The Bertz CT molecular complexity index is 828. The molecule has 0 unspecified atom stereocenters. The number of nitrogens with zero attached hydrogens (tertiary/aromatic N) is 2. The molecule has 0 saturated heterocycles. The Morgan fingerprint density at radius 3 is 2.57 bits per heavy atom. The average molecular weight is 282 g/mol. The van der Waals surface area contributed by atoms with Gasteiger partial charge in [-0.15, -0.1) is 0 Å². The van der Waals surface area contributed by atoms with E-state index in [1.165, 1.54) is 25.4 Å². The molecule has 0 fully saturated rings. The zero-order valence-corrected chi connectivity index (χ0v) is 11.2. The van der Waals surface area contributed by atoms with Crippen molar-refractivity contribution in [1.82, 2.24) is 9.97 Å². The van der Waals surface area contributed by atoms with E-state index in [2.05, 4.69) is 9.97 Å². The molecule has 0 aliphatic carbocycles. The van der Waals surface area contributed by atoms with Gasteiger partial charge < -0.3 is 4.74 Å². The van der Waals surface area contributed by atoms with Gasteiger partial charge in [0.15, 0.2) is 17.3 Å². The third kappa shape index (κ3) is 2.23. The number of fused-ring (bicyclic) bond motifs is 1. The van der Waals surface area contributed by atoms with Crippen LogP contribution >= 0.6 is 0 Å². The number of ether oxygens (including phenoxy) is 1. The van der Waals surface area contributed by atoms with E-state index in [4.69, 9.17) is 4.74 Å². The summed E-state index contributed by atoms with van der Waals surface area (Å²) in [5, 5.41) is 0. The summed E-state index contributed by atoms with van der Waals surface area (Å²) in [4.78, 5) is 20.9. The minimum absolute atomic E-state index is 0.0344. The molecule has 0 amide bonds. The van der Waals surface area contributed by atoms with Crippen molar-refractivity contribution in [2.24, 2.45) is 0 Å². The number of rotatable bonds is 3. The van der Waals surface area contributed by atoms with Crippen molar-refractivity contribution in [2.75, 3.05) is 7.11 Å². The zero-order chi connectivity index (χ0) is 14.8. The molecule has 0 saturated carbocycles.